The van der Waals surface area contributed by atoms with E-state index in [0.717, 1.165) is 16.8 Å². The van der Waals surface area contributed by atoms with Gasteiger partial charge in [-0.05, 0) is 29.5 Å². The van der Waals surface area contributed by atoms with Crippen LogP contribution in [0.4, 0.5) is 5.82 Å². The highest BCUT2D eigenvalue weighted by Crippen LogP contribution is 2.23. The lowest BCUT2D eigenvalue weighted by atomic mass is 10.2. The number of rotatable bonds is 5. The first-order valence-corrected chi connectivity index (χ1v) is 9.22. The van der Waals surface area contributed by atoms with Crippen molar-refractivity contribution in [3.8, 4) is 0 Å². The molecule has 2 aromatic rings. The van der Waals surface area contributed by atoms with Crippen molar-refractivity contribution in [2.45, 2.75) is 20.0 Å². The van der Waals surface area contributed by atoms with Crippen molar-refractivity contribution in [2.75, 3.05) is 26.2 Å². The Morgan fingerprint density at radius 2 is 1.89 bits per heavy atom. The van der Waals surface area contributed by atoms with Crippen molar-refractivity contribution in [2.24, 2.45) is 0 Å². The predicted molar refractivity (Wildman–Crippen MR) is 102 cm³/mol. The number of halogens is 2. The van der Waals surface area contributed by atoms with Gasteiger partial charge in [0.2, 0.25) is 0 Å². The van der Waals surface area contributed by atoms with Gasteiger partial charge in [-0.25, -0.2) is 0 Å². The van der Waals surface area contributed by atoms with Crippen LogP contribution in [0.15, 0.2) is 24.3 Å². The molecule has 1 fully saturated rings. The van der Waals surface area contributed by atoms with Gasteiger partial charge in [0.25, 0.3) is 5.91 Å². The molecule has 0 saturated carbocycles. The van der Waals surface area contributed by atoms with Crippen molar-refractivity contribution in [1.29, 1.82) is 0 Å². The fraction of sp³-hybridized carbons (Fsp3) is 0.412. The molecule has 1 aromatic carbocycles. The summed E-state index contributed by atoms with van der Waals surface area (Å²) in [6.07, 6.45) is 0. The van der Waals surface area contributed by atoms with E-state index in [2.05, 4.69) is 10.00 Å². The highest BCUT2D eigenvalue weighted by atomic mass is 35.5. The second kappa shape index (κ2) is 8.24. The summed E-state index contributed by atoms with van der Waals surface area (Å²) in [7, 11) is 0. The molecule has 2 heterocycles. The van der Waals surface area contributed by atoms with E-state index in [0.29, 0.717) is 41.9 Å². The Morgan fingerprint density at radius 3 is 2.52 bits per heavy atom. The molecule has 1 saturated heterocycles. The largest absolute Gasteiger partial charge is 0.358 e. The zero-order chi connectivity index (χ0) is 19.6. The quantitative estimate of drug-likeness (QED) is 0.557. The summed E-state index contributed by atoms with van der Waals surface area (Å²) in [5.41, 5.74) is 1.58. The van der Waals surface area contributed by atoms with Crippen LogP contribution in [0, 0.1) is 17.0 Å². The zero-order valence-corrected chi connectivity index (χ0v) is 16.3. The molecule has 0 unspecified atom stereocenters. The molecule has 0 N–H and O–H groups in total. The van der Waals surface area contributed by atoms with E-state index in [-0.39, 0.29) is 18.3 Å². The summed E-state index contributed by atoms with van der Waals surface area (Å²) < 4.78 is 1.15. The minimum absolute atomic E-state index is 0.128. The zero-order valence-electron chi connectivity index (χ0n) is 14.8. The number of hydrogen-bond acceptors (Lipinski definition) is 5. The van der Waals surface area contributed by atoms with Crippen molar-refractivity contribution < 1.29 is 9.72 Å². The summed E-state index contributed by atoms with van der Waals surface area (Å²) in [5, 5.41) is 16.2. The number of hydrogen-bond donors (Lipinski definition) is 0. The van der Waals surface area contributed by atoms with Crippen LogP contribution in [0.3, 0.4) is 0 Å². The number of aryl methyl sites for hydroxylation is 1. The van der Waals surface area contributed by atoms with Crippen LogP contribution >= 0.6 is 23.2 Å². The minimum Gasteiger partial charge on any atom is -0.358 e. The molecule has 1 aliphatic heterocycles. The molecule has 0 aliphatic carbocycles. The normalized spacial score (nSPS) is 15.1. The first kappa shape index (κ1) is 19.6. The Morgan fingerprint density at radius 1 is 1.19 bits per heavy atom. The molecule has 0 radical (unpaired) electrons. The van der Waals surface area contributed by atoms with Crippen molar-refractivity contribution >= 4 is 34.9 Å². The van der Waals surface area contributed by atoms with Gasteiger partial charge in [0.15, 0.2) is 6.54 Å². The average molecular weight is 412 g/mol. The second-order valence-corrected chi connectivity index (χ2v) is 7.28. The Kier molecular flexibility index (Phi) is 5.98. The van der Waals surface area contributed by atoms with Gasteiger partial charge in [-0.2, -0.15) is 0 Å². The van der Waals surface area contributed by atoms with Crippen LogP contribution < -0.4 is 0 Å². The number of carbonyl (C=O) groups is 1. The van der Waals surface area contributed by atoms with E-state index in [4.69, 9.17) is 23.2 Å². The highest BCUT2D eigenvalue weighted by Gasteiger charge is 2.26. The fourth-order valence-electron chi connectivity index (χ4n) is 3.07. The van der Waals surface area contributed by atoms with Gasteiger partial charge in [-0.3, -0.25) is 9.69 Å². The Balaban J connectivity index is 1.55. The van der Waals surface area contributed by atoms with Crippen LogP contribution in [0.5, 0.6) is 0 Å². The Bertz CT molecular complexity index is 862. The van der Waals surface area contributed by atoms with Crippen LogP contribution in [0.25, 0.3) is 0 Å². The van der Waals surface area contributed by atoms with Gasteiger partial charge in [0, 0.05) is 32.7 Å². The monoisotopic (exact) mass is 411 g/mol. The lowest BCUT2D eigenvalue weighted by Crippen LogP contribution is -2.49. The Hall–Kier alpha value is -2.16. The molecule has 3 rings (SSSR count). The Labute approximate surface area is 166 Å². The number of nitro groups is 1. The third-order valence-electron chi connectivity index (χ3n) is 4.47. The molecule has 10 heteroatoms. The van der Waals surface area contributed by atoms with Crippen LogP contribution in [-0.4, -0.2) is 56.6 Å². The van der Waals surface area contributed by atoms with Gasteiger partial charge in [0.05, 0.1) is 21.8 Å². The van der Waals surface area contributed by atoms with Gasteiger partial charge in [-0.1, -0.05) is 34.4 Å². The molecular formula is C17H19Cl2N5O3. The minimum atomic E-state index is -0.525. The summed E-state index contributed by atoms with van der Waals surface area (Å²) in [6.45, 7) is 4.82. The van der Waals surface area contributed by atoms with Crippen molar-refractivity contribution in [3.63, 3.8) is 0 Å². The summed E-state index contributed by atoms with van der Waals surface area (Å²) >= 11 is 12.0. The number of aromatic nitrogens is 2. The molecule has 0 spiro atoms. The van der Waals surface area contributed by atoms with E-state index in [9.17, 15) is 14.9 Å². The maximum absolute atomic E-state index is 12.5. The topological polar surface area (TPSA) is 84.5 Å². The molecule has 1 aliphatic rings. The number of carbonyl (C=O) groups excluding carboxylic acids is 1. The molecule has 0 bridgehead atoms. The molecule has 1 aromatic heterocycles. The third-order valence-corrected chi connectivity index (χ3v) is 5.21. The van der Waals surface area contributed by atoms with E-state index in [1.807, 2.05) is 12.1 Å². The van der Waals surface area contributed by atoms with Crippen LogP contribution in [0.2, 0.25) is 10.0 Å². The molecular weight excluding hydrogens is 393 g/mol. The average Bonchev–Trinajstić information content (AvgIpc) is 2.99. The molecule has 1 amide bonds. The standard InChI is InChI=1S/C17H19Cl2N5O3/c1-12-8-16(24(26)27)23(20-12)11-17(25)22-6-4-21(5-7-22)10-13-2-3-14(18)15(19)9-13/h2-3,8-9H,4-7,10-11H2,1H3. The third kappa shape index (κ3) is 4.77. The maximum Gasteiger partial charge on any atom is 0.345 e. The lowest BCUT2D eigenvalue weighted by molar-refractivity contribution is -0.392. The second-order valence-electron chi connectivity index (χ2n) is 6.46. The first-order chi connectivity index (χ1) is 12.8. The first-order valence-electron chi connectivity index (χ1n) is 8.46. The molecule has 144 valence electrons. The molecule has 0 atom stereocenters. The summed E-state index contributed by atoms with van der Waals surface area (Å²) in [5.74, 6) is -0.338. The SMILES string of the molecule is Cc1cc([N+](=O)[O-])n(CC(=O)N2CCN(Cc3ccc(Cl)c(Cl)c3)CC2)n1. The predicted octanol–water partition coefficient (Wildman–Crippen LogP) is 2.75. The van der Waals surface area contributed by atoms with E-state index >= 15 is 0 Å². The van der Waals surface area contributed by atoms with Gasteiger partial charge < -0.3 is 15.0 Å². The van der Waals surface area contributed by atoms with Gasteiger partial charge in [-0.15, -0.1) is 4.68 Å². The smallest absolute Gasteiger partial charge is 0.345 e. The summed E-state index contributed by atoms with van der Waals surface area (Å²) in [4.78, 5) is 27.0. The molecule has 27 heavy (non-hydrogen) atoms. The van der Waals surface area contributed by atoms with Crippen molar-refractivity contribution in [3.05, 3.63) is 55.7 Å². The highest BCUT2D eigenvalue weighted by molar-refractivity contribution is 6.42. The van der Waals surface area contributed by atoms with E-state index < -0.39 is 4.92 Å². The number of piperazine rings is 1. The molecule has 8 nitrogen and oxygen atoms in total. The van der Waals surface area contributed by atoms with Crippen LogP contribution in [-0.2, 0) is 17.9 Å². The maximum atomic E-state index is 12.5. The van der Waals surface area contributed by atoms with Crippen LogP contribution in [0.1, 0.15) is 11.3 Å². The van der Waals surface area contributed by atoms with E-state index in [1.54, 1.807) is 17.9 Å². The number of nitrogens with zero attached hydrogens (tertiary/aromatic N) is 5. The fourth-order valence-corrected chi connectivity index (χ4v) is 3.40. The van der Waals surface area contributed by atoms with E-state index in [1.165, 1.54) is 6.07 Å². The number of benzene rings is 1. The van der Waals surface area contributed by atoms with Crippen molar-refractivity contribution in [1.82, 2.24) is 19.6 Å². The summed E-state index contributed by atoms with van der Waals surface area (Å²) in [6, 6.07) is 6.92. The van der Waals surface area contributed by atoms with Gasteiger partial charge in [0.1, 0.15) is 0 Å². The van der Waals surface area contributed by atoms with Gasteiger partial charge >= 0.3 is 5.82 Å². The number of amides is 1. The lowest BCUT2D eigenvalue weighted by Gasteiger charge is -2.34.